The second-order valence-corrected chi connectivity index (χ2v) is 5.57. The third-order valence-electron chi connectivity index (χ3n) is 4.13. The quantitative estimate of drug-likeness (QED) is 0.719. The molecule has 0 aliphatic carbocycles. The molecule has 4 rings (SSSR count). The van der Waals surface area contributed by atoms with Crippen molar-refractivity contribution in [2.75, 3.05) is 4.90 Å². The minimum absolute atomic E-state index is 0.578. The summed E-state index contributed by atoms with van der Waals surface area (Å²) in [6.07, 6.45) is 4.28. The molecule has 118 valence electrons. The number of para-hydroxylation sites is 2. The zero-order chi connectivity index (χ0) is 16.4. The summed E-state index contributed by atoms with van der Waals surface area (Å²) in [5.74, 6) is 0.578. The molecule has 24 heavy (non-hydrogen) atoms. The molecule has 1 aliphatic rings. The molecule has 0 saturated carbocycles. The van der Waals surface area contributed by atoms with E-state index in [1.165, 1.54) is 0 Å². The van der Waals surface area contributed by atoms with Crippen molar-refractivity contribution < 1.29 is 0 Å². The van der Waals surface area contributed by atoms with Crippen LogP contribution in [-0.2, 0) is 0 Å². The molecule has 0 radical (unpaired) electrons. The number of fused-ring (bicyclic) bond motifs is 1. The van der Waals surface area contributed by atoms with Crippen LogP contribution in [0.25, 0.3) is 10.9 Å². The topological polar surface area (TPSA) is 66.1 Å². The predicted molar refractivity (Wildman–Crippen MR) is 94.5 cm³/mol. The van der Waals surface area contributed by atoms with Crippen LogP contribution in [0.1, 0.15) is 13.3 Å². The van der Waals surface area contributed by atoms with Gasteiger partial charge in [-0.15, -0.1) is 10.2 Å². The Balaban J connectivity index is 1.91. The van der Waals surface area contributed by atoms with E-state index >= 15 is 0 Å². The molecule has 0 amide bonds. The number of nitrogens with zero attached hydrogens (tertiary/aromatic N) is 6. The Morgan fingerprint density at radius 3 is 2.54 bits per heavy atom. The molecule has 0 spiro atoms. The van der Waals surface area contributed by atoms with Gasteiger partial charge in [-0.25, -0.2) is 9.97 Å². The highest BCUT2D eigenvalue weighted by atomic mass is 15.5. The molecule has 1 unspecified atom stereocenters. The first-order valence-corrected chi connectivity index (χ1v) is 7.86. The highest BCUT2D eigenvalue weighted by Crippen LogP contribution is 2.35. The van der Waals surface area contributed by atoms with Crippen molar-refractivity contribution in [1.82, 2.24) is 9.97 Å². The predicted octanol–water partition coefficient (Wildman–Crippen LogP) is 4.33. The smallest absolute Gasteiger partial charge is 0.232 e. The second kappa shape index (κ2) is 5.81. The van der Waals surface area contributed by atoms with Gasteiger partial charge in [-0.1, -0.05) is 43.3 Å². The minimum atomic E-state index is -0.705. The lowest BCUT2D eigenvalue weighted by Gasteiger charge is -2.34. The first-order chi connectivity index (χ1) is 11.8. The van der Waals surface area contributed by atoms with Gasteiger partial charge in [-0.3, -0.25) is 4.90 Å². The van der Waals surface area contributed by atoms with Gasteiger partial charge in [0.25, 0.3) is 0 Å². The lowest BCUT2D eigenvalue weighted by Crippen LogP contribution is -2.45. The lowest BCUT2D eigenvalue weighted by molar-refractivity contribution is 0.548. The largest absolute Gasteiger partial charge is 0.278 e. The van der Waals surface area contributed by atoms with E-state index in [0.717, 1.165) is 16.6 Å². The molecule has 2 heterocycles. The third-order valence-corrected chi connectivity index (χ3v) is 4.13. The van der Waals surface area contributed by atoms with Gasteiger partial charge in [-0.2, -0.15) is 0 Å². The van der Waals surface area contributed by atoms with E-state index in [1.54, 1.807) is 6.21 Å². The number of anilines is 2. The van der Waals surface area contributed by atoms with Crippen molar-refractivity contribution in [3.8, 4) is 0 Å². The van der Waals surface area contributed by atoms with Crippen LogP contribution in [0.4, 0.5) is 11.6 Å². The molecule has 2 aromatic carbocycles. The molecule has 0 N–H and O–H groups in total. The molecular formula is C18H16N6. The monoisotopic (exact) mass is 316 g/mol. The van der Waals surface area contributed by atoms with Crippen molar-refractivity contribution in [3.05, 3.63) is 60.8 Å². The van der Waals surface area contributed by atoms with E-state index in [4.69, 9.17) is 4.98 Å². The maximum atomic E-state index is 4.74. The van der Waals surface area contributed by atoms with Crippen LogP contribution < -0.4 is 4.90 Å². The zero-order valence-corrected chi connectivity index (χ0v) is 13.2. The number of aromatic nitrogens is 2. The molecule has 1 atom stereocenters. The van der Waals surface area contributed by atoms with Gasteiger partial charge in [0.15, 0.2) is 5.66 Å². The lowest BCUT2D eigenvalue weighted by atomic mass is 10.1. The van der Waals surface area contributed by atoms with Crippen molar-refractivity contribution in [1.29, 1.82) is 0 Å². The number of rotatable bonds is 4. The molecule has 6 heteroatoms. The summed E-state index contributed by atoms with van der Waals surface area (Å²) in [6, 6.07) is 17.9. The normalized spacial score (nSPS) is 19.0. The molecule has 0 fully saturated rings. The first-order valence-electron chi connectivity index (χ1n) is 7.86. The zero-order valence-electron chi connectivity index (χ0n) is 13.2. The number of hydrogen-bond acceptors (Lipinski definition) is 6. The average Bonchev–Trinajstić information content (AvgIpc) is 3.13. The van der Waals surface area contributed by atoms with E-state index in [1.807, 2.05) is 72.6 Å². The van der Waals surface area contributed by atoms with Crippen LogP contribution >= 0.6 is 0 Å². The summed E-state index contributed by atoms with van der Waals surface area (Å²) in [7, 11) is 0. The van der Waals surface area contributed by atoms with Crippen LogP contribution in [0.2, 0.25) is 0 Å². The van der Waals surface area contributed by atoms with E-state index in [9.17, 15) is 0 Å². The van der Waals surface area contributed by atoms with Gasteiger partial charge >= 0.3 is 0 Å². The average molecular weight is 316 g/mol. The van der Waals surface area contributed by atoms with Crippen LogP contribution in [0.3, 0.4) is 0 Å². The SMILES string of the molecule is CCC1(N(c2ccccc2)c2ncc3ccccc3n2)C=NN=N1. The van der Waals surface area contributed by atoms with E-state index in [-0.39, 0.29) is 0 Å². The fourth-order valence-corrected chi connectivity index (χ4v) is 2.83. The highest BCUT2D eigenvalue weighted by Gasteiger charge is 2.39. The maximum absolute atomic E-state index is 4.74. The summed E-state index contributed by atoms with van der Waals surface area (Å²) in [5, 5.41) is 13.2. The first kappa shape index (κ1) is 14.4. The fraction of sp³-hybridized carbons (Fsp3) is 0.167. The Morgan fingerprint density at radius 1 is 1.00 bits per heavy atom. The van der Waals surface area contributed by atoms with Crippen molar-refractivity contribution in [3.63, 3.8) is 0 Å². The Labute approximate surface area is 139 Å². The summed E-state index contributed by atoms with van der Waals surface area (Å²) < 4.78 is 0. The van der Waals surface area contributed by atoms with Crippen LogP contribution in [0.15, 0.2) is 76.2 Å². The molecule has 3 aromatic rings. The van der Waals surface area contributed by atoms with Gasteiger partial charge in [0.05, 0.1) is 11.7 Å². The number of benzene rings is 2. The Morgan fingerprint density at radius 2 is 1.79 bits per heavy atom. The van der Waals surface area contributed by atoms with Gasteiger partial charge in [0.1, 0.15) is 0 Å². The Bertz CT molecular complexity index is 907. The van der Waals surface area contributed by atoms with Gasteiger partial charge in [-0.05, 0) is 29.8 Å². The third kappa shape index (κ3) is 2.32. The minimum Gasteiger partial charge on any atom is -0.278 e. The maximum Gasteiger partial charge on any atom is 0.232 e. The molecular weight excluding hydrogens is 300 g/mol. The molecule has 1 aromatic heterocycles. The van der Waals surface area contributed by atoms with E-state index in [0.29, 0.717) is 12.4 Å². The number of hydrogen-bond donors (Lipinski definition) is 0. The van der Waals surface area contributed by atoms with Gasteiger partial charge in [0, 0.05) is 17.3 Å². The molecule has 6 nitrogen and oxygen atoms in total. The summed E-state index contributed by atoms with van der Waals surface area (Å²) in [4.78, 5) is 11.3. The van der Waals surface area contributed by atoms with E-state index in [2.05, 4.69) is 20.4 Å². The molecule has 0 bridgehead atoms. The van der Waals surface area contributed by atoms with Crippen molar-refractivity contribution >= 4 is 28.8 Å². The van der Waals surface area contributed by atoms with E-state index < -0.39 is 5.66 Å². The Hall–Kier alpha value is -3.15. The summed E-state index contributed by atoms with van der Waals surface area (Å²) in [5.41, 5.74) is 1.13. The van der Waals surface area contributed by atoms with Crippen LogP contribution in [0.5, 0.6) is 0 Å². The Kier molecular flexibility index (Phi) is 3.49. The fourth-order valence-electron chi connectivity index (χ4n) is 2.83. The van der Waals surface area contributed by atoms with Gasteiger partial charge in [0.2, 0.25) is 5.95 Å². The molecule has 1 aliphatic heterocycles. The van der Waals surface area contributed by atoms with Crippen LogP contribution in [-0.4, -0.2) is 21.8 Å². The second-order valence-electron chi connectivity index (χ2n) is 5.57. The molecule has 0 saturated heterocycles. The van der Waals surface area contributed by atoms with Crippen molar-refractivity contribution in [2.45, 2.75) is 19.0 Å². The summed E-state index contributed by atoms with van der Waals surface area (Å²) >= 11 is 0. The highest BCUT2D eigenvalue weighted by molar-refractivity contribution is 5.83. The van der Waals surface area contributed by atoms with Gasteiger partial charge < -0.3 is 0 Å². The summed E-state index contributed by atoms with van der Waals surface area (Å²) in [6.45, 7) is 2.05. The standard InChI is InChI=1S/C18H16N6/c1-2-18(13-20-23-22-18)24(15-9-4-3-5-10-15)17-19-12-14-8-6-7-11-16(14)21-17/h3-13H,2H2,1H3. The van der Waals surface area contributed by atoms with Crippen molar-refractivity contribution in [2.24, 2.45) is 15.4 Å². The van der Waals surface area contributed by atoms with Crippen LogP contribution in [0, 0.1) is 0 Å².